The van der Waals surface area contributed by atoms with Gasteiger partial charge < -0.3 is 5.32 Å². The fourth-order valence-electron chi connectivity index (χ4n) is 3.75. The van der Waals surface area contributed by atoms with E-state index >= 15 is 0 Å². The molecule has 0 spiro atoms. The van der Waals surface area contributed by atoms with E-state index in [0.717, 1.165) is 32.2 Å². The summed E-state index contributed by atoms with van der Waals surface area (Å²) in [5, 5.41) is 3.55. The molecule has 2 fully saturated rings. The Labute approximate surface area is 130 Å². The van der Waals surface area contributed by atoms with Crippen molar-refractivity contribution in [2.75, 3.05) is 25.4 Å². The minimum atomic E-state index is -3.05. The molecule has 0 amide bonds. The summed E-state index contributed by atoms with van der Waals surface area (Å²) in [6, 6.07) is 0.478. The van der Waals surface area contributed by atoms with Gasteiger partial charge in [0, 0.05) is 19.1 Å². The van der Waals surface area contributed by atoms with E-state index in [4.69, 9.17) is 0 Å². The number of hydrogen-bond donors (Lipinski definition) is 1. The molecule has 2 unspecified atom stereocenters. The van der Waals surface area contributed by atoms with Crippen LogP contribution in [-0.2, 0) is 10.0 Å². The van der Waals surface area contributed by atoms with Crippen LogP contribution >= 0.6 is 0 Å². The molecule has 2 rings (SSSR count). The molecule has 1 aliphatic carbocycles. The van der Waals surface area contributed by atoms with Crippen molar-refractivity contribution in [2.45, 2.75) is 64.8 Å². The maximum Gasteiger partial charge on any atom is 0.214 e. The lowest BCUT2D eigenvalue weighted by molar-refractivity contribution is 0.219. The fourth-order valence-corrected chi connectivity index (χ4v) is 5.74. The van der Waals surface area contributed by atoms with Crippen LogP contribution in [0.3, 0.4) is 0 Å². The SMILES string of the molecule is CCCNC1CCN(S(=O)(=O)CC2CCCCC2)CC1C. The van der Waals surface area contributed by atoms with Crippen LogP contribution in [0.15, 0.2) is 0 Å². The monoisotopic (exact) mass is 316 g/mol. The van der Waals surface area contributed by atoms with E-state index < -0.39 is 10.0 Å². The molecule has 1 heterocycles. The Hall–Kier alpha value is -0.130. The first-order chi connectivity index (χ1) is 10.0. The Kier molecular flexibility index (Phi) is 6.51. The maximum atomic E-state index is 12.6. The lowest BCUT2D eigenvalue weighted by atomic mass is 9.91. The van der Waals surface area contributed by atoms with Gasteiger partial charge in [0.1, 0.15) is 0 Å². The zero-order chi connectivity index (χ0) is 15.3. The second-order valence-electron chi connectivity index (χ2n) is 6.97. The molecule has 124 valence electrons. The van der Waals surface area contributed by atoms with E-state index in [1.807, 2.05) is 0 Å². The zero-order valence-electron chi connectivity index (χ0n) is 13.7. The predicted octanol–water partition coefficient (Wildman–Crippen LogP) is 2.61. The van der Waals surface area contributed by atoms with E-state index in [1.165, 1.54) is 19.3 Å². The predicted molar refractivity (Wildman–Crippen MR) is 87.8 cm³/mol. The van der Waals surface area contributed by atoms with Crippen LogP contribution in [0.4, 0.5) is 0 Å². The van der Waals surface area contributed by atoms with Gasteiger partial charge in [-0.2, -0.15) is 0 Å². The molecule has 1 aliphatic heterocycles. The molecule has 0 aromatic rings. The summed E-state index contributed by atoms with van der Waals surface area (Å²) in [6.07, 6.45) is 7.98. The lowest BCUT2D eigenvalue weighted by Gasteiger charge is -2.37. The summed E-state index contributed by atoms with van der Waals surface area (Å²) in [6.45, 7) is 6.76. The molecular weight excluding hydrogens is 284 g/mol. The van der Waals surface area contributed by atoms with E-state index in [0.29, 0.717) is 36.7 Å². The molecule has 1 saturated heterocycles. The third-order valence-electron chi connectivity index (χ3n) is 5.09. The van der Waals surface area contributed by atoms with Crippen LogP contribution in [0.5, 0.6) is 0 Å². The summed E-state index contributed by atoms with van der Waals surface area (Å²) < 4.78 is 27.0. The molecule has 1 saturated carbocycles. The van der Waals surface area contributed by atoms with Gasteiger partial charge in [0.2, 0.25) is 10.0 Å². The first-order valence-electron chi connectivity index (χ1n) is 8.74. The van der Waals surface area contributed by atoms with Gasteiger partial charge in [-0.1, -0.05) is 33.1 Å². The molecule has 0 bridgehead atoms. The number of rotatable bonds is 6. The van der Waals surface area contributed by atoms with Crippen LogP contribution in [0.25, 0.3) is 0 Å². The van der Waals surface area contributed by atoms with Crippen LogP contribution < -0.4 is 5.32 Å². The smallest absolute Gasteiger partial charge is 0.214 e. The van der Waals surface area contributed by atoms with Crippen LogP contribution in [0.2, 0.25) is 0 Å². The molecule has 2 atom stereocenters. The number of hydrogen-bond acceptors (Lipinski definition) is 3. The number of sulfonamides is 1. The summed E-state index contributed by atoms with van der Waals surface area (Å²) in [7, 11) is -3.05. The minimum absolute atomic E-state index is 0.382. The number of piperidine rings is 1. The van der Waals surface area contributed by atoms with Crippen LogP contribution in [0.1, 0.15) is 58.8 Å². The minimum Gasteiger partial charge on any atom is -0.314 e. The van der Waals surface area contributed by atoms with E-state index in [-0.39, 0.29) is 0 Å². The Morgan fingerprint density at radius 1 is 1.14 bits per heavy atom. The Balaban J connectivity index is 1.86. The van der Waals surface area contributed by atoms with Crippen molar-refractivity contribution in [1.82, 2.24) is 9.62 Å². The van der Waals surface area contributed by atoms with Crippen molar-refractivity contribution < 1.29 is 8.42 Å². The molecule has 4 nitrogen and oxygen atoms in total. The second-order valence-corrected chi connectivity index (χ2v) is 8.98. The third-order valence-corrected chi connectivity index (χ3v) is 7.10. The average Bonchev–Trinajstić information content (AvgIpc) is 2.46. The summed E-state index contributed by atoms with van der Waals surface area (Å²) in [5.74, 6) is 1.19. The molecule has 0 aromatic carbocycles. The van der Waals surface area contributed by atoms with Crippen molar-refractivity contribution in [3.05, 3.63) is 0 Å². The zero-order valence-corrected chi connectivity index (χ0v) is 14.5. The van der Waals surface area contributed by atoms with Gasteiger partial charge in [0.15, 0.2) is 0 Å². The van der Waals surface area contributed by atoms with E-state index in [9.17, 15) is 8.42 Å². The van der Waals surface area contributed by atoms with Crippen molar-refractivity contribution >= 4 is 10.0 Å². The number of nitrogens with one attached hydrogen (secondary N) is 1. The highest BCUT2D eigenvalue weighted by Gasteiger charge is 2.33. The molecule has 21 heavy (non-hydrogen) atoms. The van der Waals surface area contributed by atoms with Gasteiger partial charge in [0.25, 0.3) is 0 Å². The van der Waals surface area contributed by atoms with E-state index in [1.54, 1.807) is 4.31 Å². The summed E-state index contributed by atoms with van der Waals surface area (Å²) in [5.41, 5.74) is 0. The largest absolute Gasteiger partial charge is 0.314 e. The Morgan fingerprint density at radius 3 is 2.48 bits per heavy atom. The Bertz CT molecular complexity index is 405. The highest BCUT2D eigenvalue weighted by Crippen LogP contribution is 2.27. The fraction of sp³-hybridized carbons (Fsp3) is 1.00. The molecule has 1 N–H and O–H groups in total. The summed E-state index contributed by atoms with van der Waals surface area (Å²) in [4.78, 5) is 0. The van der Waals surface area contributed by atoms with Crippen molar-refractivity contribution in [3.8, 4) is 0 Å². The molecular formula is C16H32N2O2S. The highest BCUT2D eigenvalue weighted by molar-refractivity contribution is 7.89. The van der Waals surface area contributed by atoms with Crippen LogP contribution in [-0.4, -0.2) is 44.2 Å². The van der Waals surface area contributed by atoms with Crippen LogP contribution in [0, 0.1) is 11.8 Å². The van der Waals surface area contributed by atoms with Crippen molar-refractivity contribution in [2.24, 2.45) is 11.8 Å². The van der Waals surface area contributed by atoms with Gasteiger partial charge in [-0.15, -0.1) is 0 Å². The van der Waals surface area contributed by atoms with Gasteiger partial charge >= 0.3 is 0 Å². The lowest BCUT2D eigenvalue weighted by Crippen LogP contribution is -2.51. The average molecular weight is 317 g/mol. The first kappa shape index (κ1) is 17.2. The van der Waals surface area contributed by atoms with Gasteiger partial charge in [-0.3, -0.25) is 0 Å². The first-order valence-corrected chi connectivity index (χ1v) is 10.3. The van der Waals surface area contributed by atoms with Gasteiger partial charge in [-0.05, 0) is 44.1 Å². The molecule has 2 aliphatic rings. The second kappa shape index (κ2) is 7.93. The summed E-state index contributed by atoms with van der Waals surface area (Å²) >= 11 is 0. The van der Waals surface area contributed by atoms with Gasteiger partial charge in [-0.25, -0.2) is 12.7 Å². The normalized spacial score (nSPS) is 29.6. The molecule has 0 radical (unpaired) electrons. The standard InChI is InChI=1S/C16H32N2O2S/c1-3-10-17-16-9-11-18(12-14(16)2)21(19,20)13-15-7-5-4-6-8-15/h14-17H,3-13H2,1-2H3. The quantitative estimate of drug-likeness (QED) is 0.819. The number of nitrogens with zero attached hydrogens (tertiary/aromatic N) is 1. The van der Waals surface area contributed by atoms with Gasteiger partial charge in [0.05, 0.1) is 5.75 Å². The Morgan fingerprint density at radius 2 is 1.86 bits per heavy atom. The van der Waals surface area contributed by atoms with Crippen molar-refractivity contribution in [3.63, 3.8) is 0 Å². The molecule has 0 aromatic heterocycles. The molecule has 5 heteroatoms. The topological polar surface area (TPSA) is 49.4 Å². The van der Waals surface area contributed by atoms with E-state index in [2.05, 4.69) is 19.2 Å². The van der Waals surface area contributed by atoms with Crippen molar-refractivity contribution in [1.29, 1.82) is 0 Å². The third kappa shape index (κ3) is 4.93. The maximum absolute atomic E-state index is 12.6. The highest BCUT2D eigenvalue weighted by atomic mass is 32.2.